The van der Waals surface area contributed by atoms with Gasteiger partial charge in [-0.2, -0.15) is 0 Å². The Morgan fingerprint density at radius 1 is 0.403 bits per heavy atom. The average molecular weight is 789 g/mol. The highest BCUT2D eigenvalue weighted by Gasteiger charge is 2.52. The summed E-state index contributed by atoms with van der Waals surface area (Å²) in [5, 5.41) is 8.95. The highest BCUT2D eigenvalue weighted by atomic mass is 16.3. The number of pyridine rings is 1. The van der Waals surface area contributed by atoms with Gasteiger partial charge in [0.05, 0.1) is 27.5 Å². The van der Waals surface area contributed by atoms with Crippen molar-refractivity contribution in [2.45, 2.75) is 5.41 Å². The predicted molar refractivity (Wildman–Crippen MR) is 252 cm³/mol. The maximum atomic E-state index is 6.78. The summed E-state index contributed by atoms with van der Waals surface area (Å²) in [5.41, 5.74) is 18.5. The van der Waals surface area contributed by atoms with Gasteiger partial charge in [-0.1, -0.05) is 152 Å². The summed E-state index contributed by atoms with van der Waals surface area (Å²) in [6.07, 6.45) is 0. The van der Waals surface area contributed by atoms with Gasteiger partial charge in [-0.05, 0) is 87.0 Å². The van der Waals surface area contributed by atoms with Crippen LogP contribution in [0.1, 0.15) is 22.3 Å². The molecule has 15 rings (SSSR count). The summed E-state index contributed by atoms with van der Waals surface area (Å²) < 4.78 is 15.5. The molecular formula is C58H32N2O2. The number of hydrogen-bond acceptors (Lipinski definition) is 3. The third kappa shape index (κ3) is 3.91. The number of hydrogen-bond donors (Lipinski definition) is 0. The van der Waals surface area contributed by atoms with Crippen LogP contribution in [0.2, 0.25) is 0 Å². The summed E-state index contributed by atoms with van der Waals surface area (Å²) in [6, 6.07) is 70.4. The van der Waals surface area contributed by atoms with Crippen molar-refractivity contribution >= 4 is 76.6 Å². The molecule has 0 radical (unpaired) electrons. The van der Waals surface area contributed by atoms with Crippen molar-refractivity contribution in [2.75, 3.05) is 0 Å². The summed E-state index contributed by atoms with van der Waals surface area (Å²) in [5.74, 6) is 0. The zero-order chi connectivity index (χ0) is 40.3. The second-order valence-corrected chi connectivity index (χ2v) is 16.9. The van der Waals surface area contributed by atoms with Crippen molar-refractivity contribution < 1.29 is 8.83 Å². The zero-order valence-corrected chi connectivity index (χ0v) is 33.2. The lowest BCUT2D eigenvalue weighted by Crippen LogP contribution is -2.25. The lowest BCUT2D eigenvalue weighted by molar-refractivity contribution is 0.645. The normalized spacial score (nSPS) is 13.6. The molecule has 0 aliphatic heterocycles. The summed E-state index contributed by atoms with van der Waals surface area (Å²) >= 11 is 0. The first-order valence-electron chi connectivity index (χ1n) is 21.3. The monoisotopic (exact) mass is 788 g/mol. The second kappa shape index (κ2) is 11.5. The van der Waals surface area contributed by atoms with E-state index in [1.54, 1.807) is 0 Å². The van der Waals surface area contributed by atoms with E-state index in [2.05, 4.69) is 180 Å². The number of aromatic nitrogens is 2. The van der Waals surface area contributed by atoms with Gasteiger partial charge in [0.25, 0.3) is 0 Å². The van der Waals surface area contributed by atoms with Gasteiger partial charge in [-0.25, -0.2) is 4.98 Å². The summed E-state index contributed by atoms with van der Waals surface area (Å²) in [6.45, 7) is 0. The molecule has 0 N–H and O–H groups in total. The van der Waals surface area contributed by atoms with Crippen molar-refractivity contribution in [3.63, 3.8) is 0 Å². The van der Waals surface area contributed by atoms with Crippen LogP contribution in [0.5, 0.6) is 0 Å². The summed E-state index contributed by atoms with van der Waals surface area (Å²) in [7, 11) is 0. The first-order chi connectivity index (χ1) is 30.8. The summed E-state index contributed by atoms with van der Waals surface area (Å²) in [4.78, 5) is 5.52. The van der Waals surface area contributed by atoms with Gasteiger partial charge in [0.2, 0.25) is 5.71 Å². The minimum atomic E-state index is -0.434. The number of fused-ring (bicyclic) bond motifs is 22. The molecule has 13 aromatic rings. The Labute approximate surface area is 354 Å². The zero-order valence-electron chi connectivity index (χ0n) is 33.2. The Bertz CT molecular complexity index is 4080. The number of benzene rings is 9. The Balaban J connectivity index is 1.02. The van der Waals surface area contributed by atoms with Gasteiger partial charge in [-0.3, -0.25) is 4.57 Å². The lowest BCUT2D eigenvalue weighted by Gasteiger charge is -2.30. The predicted octanol–water partition coefficient (Wildman–Crippen LogP) is 15.1. The highest BCUT2D eigenvalue weighted by molar-refractivity contribution is 6.24. The molecule has 0 amide bonds. The topological polar surface area (TPSA) is 44.1 Å². The van der Waals surface area contributed by atoms with Crippen LogP contribution in [0.25, 0.3) is 116 Å². The van der Waals surface area contributed by atoms with E-state index in [1.807, 2.05) is 18.2 Å². The fraction of sp³-hybridized carbons (Fsp3) is 0.0172. The van der Waals surface area contributed by atoms with Crippen molar-refractivity contribution in [1.29, 1.82) is 0 Å². The molecule has 0 atom stereocenters. The third-order valence-corrected chi connectivity index (χ3v) is 14.0. The molecule has 62 heavy (non-hydrogen) atoms. The SMILES string of the molecule is c1cc(-c2nc3ccccc3c3c4c(ccc23)C2(c3ccccc3-c3ccccc32)c2ccccc2-4)cc(-n2c3cc4c(cc3c3c5ccccc5oc32)oc2ccccc24)c1. The molecule has 2 aliphatic rings. The van der Waals surface area contributed by atoms with Gasteiger partial charge in [-0.15, -0.1) is 0 Å². The number of nitrogens with zero attached hydrogens (tertiary/aromatic N) is 2. The molecular weight excluding hydrogens is 757 g/mol. The fourth-order valence-corrected chi connectivity index (χ4v) is 11.6. The molecule has 4 heterocycles. The van der Waals surface area contributed by atoms with Crippen LogP contribution in [-0.2, 0) is 5.41 Å². The second-order valence-electron chi connectivity index (χ2n) is 16.9. The van der Waals surface area contributed by atoms with Gasteiger partial charge in [0.15, 0.2) is 0 Å². The van der Waals surface area contributed by atoms with E-state index >= 15 is 0 Å². The molecule has 286 valence electrons. The minimum Gasteiger partial charge on any atom is -0.456 e. The Hall–Kier alpha value is -8.21. The lowest BCUT2D eigenvalue weighted by atomic mass is 9.70. The van der Waals surface area contributed by atoms with E-state index in [9.17, 15) is 0 Å². The molecule has 0 saturated heterocycles. The van der Waals surface area contributed by atoms with Crippen LogP contribution in [-0.4, -0.2) is 9.55 Å². The average Bonchev–Trinajstić information content (AvgIpc) is 4.11. The van der Waals surface area contributed by atoms with E-state index in [0.717, 1.165) is 88.1 Å². The van der Waals surface area contributed by atoms with Crippen molar-refractivity contribution in [2.24, 2.45) is 0 Å². The molecule has 9 aromatic carbocycles. The van der Waals surface area contributed by atoms with Gasteiger partial charge in [0.1, 0.15) is 16.7 Å². The molecule has 2 aliphatic carbocycles. The maximum Gasteiger partial charge on any atom is 0.213 e. The van der Waals surface area contributed by atoms with Gasteiger partial charge in [0, 0.05) is 49.0 Å². The number of rotatable bonds is 2. The smallest absolute Gasteiger partial charge is 0.213 e. The molecule has 0 bridgehead atoms. The molecule has 0 fully saturated rings. The Morgan fingerprint density at radius 2 is 1.05 bits per heavy atom. The van der Waals surface area contributed by atoms with Gasteiger partial charge < -0.3 is 8.83 Å². The number of para-hydroxylation sites is 3. The molecule has 4 heteroatoms. The van der Waals surface area contributed by atoms with Crippen molar-refractivity contribution in [1.82, 2.24) is 9.55 Å². The van der Waals surface area contributed by atoms with Gasteiger partial charge >= 0.3 is 0 Å². The molecule has 4 nitrogen and oxygen atoms in total. The van der Waals surface area contributed by atoms with Crippen molar-refractivity contribution in [3.05, 3.63) is 216 Å². The first-order valence-corrected chi connectivity index (χ1v) is 21.3. The molecule has 0 unspecified atom stereocenters. The molecule has 0 saturated carbocycles. The molecule has 4 aromatic heterocycles. The standard InChI is InChI=1S/C58H32N2O2/c1-7-22-44-35(16-1)36-17-2-8-23-45(36)58(44)46-24-9-3-19-38(46)55-47(58)29-28-41-53(55)39-20-4-10-25-48(39)59-56(41)33-14-13-15-34(30-33)60-49-31-42-37-18-5-11-26-50(37)61-52(42)32-43(49)54-40-21-6-12-27-51(40)62-57(54)60/h1-32H. The number of furan rings is 2. The fourth-order valence-electron chi connectivity index (χ4n) is 11.6. The quantitative estimate of drug-likeness (QED) is 0.164. The van der Waals surface area contributed by atoms with E-state index in [4.69, 9.17) is 13.8 Å². The molecule has 1 spiro atoms. The highest BCUT2D eigenvalue weighted by Crippen LogP contribution is 2.64. The van der Waals surface area contributed by atoms with Crippen LogP contribution in [0, 0.1) is 0 Å². The van der Waals surface area contributed by atoms with E-state index < -0.39 is 5.41 Å². The van der Waals surface area contributed by atoms with Crippen LogP contribution in [0.4, 0.5) is 0 Å². The van der Waals surface area contributed by atoms with Crippen molar-refractivity contribution in [3.8, 4) is 39.2 Å². The first kappa shape index (κ1) is 32.6. The van der Waals surface area contributed by atoms with Crippen LogP contribution >= 0.6 is 0 Å². The maximum absolute atomic E-state index is 6.78. The van der Waals surface area contributed by atoms with E-state index in [-0.39, 0.29) is 0 Å². The van der Waals surface area contributed by atoms with Crippen LogP contribution in [0.15, 0.2) is 203 Å². The van der Waals surface area contributed by atoms with Crippen LogP contribution in [0.3, 0.4) is 0 Å². The Morgan fingerprint density at radius 3 is 1.84 bits per heavy atom. The third-order valence-electron chi connectivity index (χ3n) is 14.0. The van der Waals surface area contributed by atoms with Crippen LogP contribution < -0.4 is 0 Å². The Kier molecular flexibility index (Phi) is 6.07. The largest absolute Gasteiger partial charge is 0.456 e. The van der Waals surface area contributed by atoms with E-state index in [1.165, 1.54) is 49.9 Å². The minimum absolute atomic E-state index is 0.434. The van der Waals surface area contributed by atoms with E-state index in [0.29, 0.717) is 0 Å².